The Morgan fingerprint density at radius 3 is 2.67 bits per heavy atom. The van der Waals surface area contributed by atoms with Gasteiger partial charge in [-0.1, -0.05) is 26.7 Å². The molecule has 1 aromatic rings. The zero-order chi connectivity index (χ0) is 11.3. The molecule has 1 rings (SSSR count). The molecule has 0 spiro atoms. The van der Waals surface area contributed by atoms with Crippen LogP contribution in [0.15, 0.2) is 0 Å². The summed E-state index contributed by atoms with van der Waals surface area (Å²) < 4.78 is 1.66. The summed E-state index contributed by atoms with van der Waals surface area (Å²) in [5, 5.41) is 18.1. The average molecular weight is 212 g/mol. The van der Waals surface area contributed by atoms with E-state index in [-0.39, 0.29) is 5.82 Å². The second-order valence-corrected chi connectivity index (χ2v) is 3.44. The van der Waals surface area contributed by atoms with E-state index < -0.39 is 4.92 Å². The highest BCUT2D eigenvalue weighted by Crippen LogP contribution is 2.16. The van der Waals surface area contributed by atoms with Gasteiger partial charge in [-0.25, -0.2) is 4.68 Å². The van der Waals surface area contributed by atoms with Crippen LogP contribution in [0.5, 0.6) is 0 Å². The summed E-state index contributed by atoms with van der Waals surface area (Å²) in [6.07, 6.45) is 3.53. The number of rotatable bonds is 6. The number of aryl methyl sites for hydroxylation is 1. The van der Waals surface area contributed by atoms with Crippen LogP contribution in [0.2, 0.25) is 0 Å². The Morgan fingerprint density at radius 2 is 2.13 bits per heavy atom. The first kappa shape index (κ1) is 11.6. The monoisotopic (exact) mass is 212 g/mol. The summed E-state index contributed by atoms with van der Waals surface area (Å²) in [6.45, 7) is 4.78. The van der Waals surface area contributed by atoms with Crippen molar-refractivity contribution in [2.24, 2.45) is 0 Å². The maximum Gasteiger partial charge on any atom is 0.413 e. The fourth-order valence-electron chi connectivity index (χ4n) is 1.43. The minimum Gasteiger partial charge on any atom is -0.358 e. The zero-order valence-corrected chi connectivity index (χ0v) is 9.14. The normalized spacial score (nSPS) is 10.5. The van der Waals surface area contributed by atoms with E-state index in [9.17, 15) is 10.1 Å². The number of hydrogen-bond donors (Lipinski definition) is 0. The number of unbranched alkanes of at least 4 members (excludes halogenated alkanes) is 1. The largest absolute Gasteiger partial charge is 0.413 e. The Balaban J connectivity index is 2.90. The minimum atomic E-state index is -0.458. The molecule has 0 amide bonds. The van der Waals surface area contributed by atoms with Crippen LogP contribution in [-0.4, -0.2) is 19.9 Å². The van der Waals surface area contributed by atoms with Gasteiger partial charge >= 0.3 is 5.82 Å². The minimum absolute atomic E-state index is 0.0899. The Hall–Kier alpha value is -1.46. The summed E-state index contributed by atoms with van der Waals surface area (Å²) in [4.78, 5) is 10.2. The highest BCUT2D eigenvalue weighted by Gasteiger charge is 2.22. The lowest BCUT2D eigenvalue weighted by Gasteiger charge is -2.02. The molecule has 0 atom stereocenters. The van der Waals surface area contributed by atoms with Crippen LogP contribution in [0.4, 0.5) is 5.82 Å². The molecule has 0 bridgehead atoms. The lowest BCUT2D eigenvalue weighted by atomic mass is 10.2. The second-order valence-electron chi connectivity index (χ2n) is 3.44. The third kappa shape index (κ3) is 2.74. The smallest absolute Gasteiger partial charge is 0.358 e. The van der Waals surface area contributed by atoms with Gasteiger partial charge in [0.2, 0.25) is 0 Å². The topological polar surface area (TPSA) is 73.8 Å². The van der Waals surface area contributed by atoms with Crippen LogP contribution in [-0.2, 0) is 13.0 Å². The van der Waals surface area contributed by atoms with E-state index in [2.05, 4.69) is 17.2 Å². The first-order valence-corrected chi connectivity index (χ1v) is 5.27. The SMILES string of the molecule is CCCCn1nnc([N+](=O)[O-])c1CCC. The van der Waals surface area contributed by atoms with Crippen LogP contribution in [0.3, 0.4) is 0 Å². The van der Waals surface area contributed by atoms with Crippen molar-refractivity contribution in [2.75, 3.05) is 0 Å². The van der Waals surface area contributed by atoms with Crippen LogP contribution < -0.4 is 0 Å². The molecule has 0 saturated heterocycles. The van der Waals surface area contributed by atoms with Crippen LogP contribution in [0.1, 0.15) is 38.8 Å². The van der Waals surface area contributed by atoms with Crippen molar-refractivity contribution in [2.45, 2.75) is 46.1 Å². The van der Waals surface area contributed by atoms with E-state index in [4.69, 9.17) is 0 Å². The number of hydrogen-bond acceptors (Lipinski definition) is 4. The fraction of sp³-hybridized carbons (Fsp3) is 0.778. The first-order chi connectivity index (χ1) is 7.20. The Kier molecular flexibility index (Phi) is 4.20. The van der Waals surface area contributed by atoms with Crippen molar-refractivity contribution in [3.63, 3.8) is 0 Å². The lowest BCUT2D eigenvalue weighted by molar-refractivity contribution is -0.390. The van der Waals surface area contributed by atoms with E-state index in [0.717, 1.165) is 19.3 Å². The highest BCUT2D eigenvalue weighted by atomic mass is 16.6. The summed E-state index contributed by atoms with van der Waals surface area (Å²) in [7, 11) is 0. The zero-order valence-electron chi connectivity index (χ0n) is 9.14. The maximum absolute atomic E-state index is 10.7. The van der Waals surface area contributed by atoms with Crippen molar-refractivity contribution in [1.29, 1.82) is 0 Å². The maximum atomic E-state index is 10.7. The molecule has 0 aliphatic rings. The molecule has 6 heteroatoms. The summed E-state index contributed by atoms with van der Waals surface area (Å²) >= 11 is 0. The molecule has 84 valence electrons. The fourth-order valence-corrected chi connectivity index (χ4v) is 1.43. The van der Waals surface area contributed by atoms with E-state index >= 15 is 0 Å². The quantitative estimate of drug-likeness (QED) is 0.533. The molecule has 0 aromatic carbocycles. The Labute approximate surface area is 88.4 Å². The average Bonchev–Trinajstić information content (AvgIpc) is 2.59. The first-order valence-electron chi connectivity index (χ1n) is 5.27. The predicted molar refractivity (Wildman–Crippen MR) is 55.6 cm³/mol. The standard InChI is InChI=1S/C9H16N4O2/c1-3-5-7-12-8(6-4-2)9(10-11-12)13(14)15/h3-7H2,1-2H3. The number of aromatic nitrogens is 3. The Morgan fingerprint density at radius 1 is 1.40 bits per heavy atom. The third-order valence-electron chi connectivity index (χ3n) is 2.20. The lowest BCUT2D eigenvalue weighted by Crippen LogP contribution is -2.06. The van der Waals surface area contributed by atoms with Crippen LogP contribution in [0, 0.1) is 10.1 Å². The van der Waals surface area contributed by atoms with Crippen LogP contribution >= 0.6 is 0 Å². The van der Waals surface area contributed by atoms with Crippen molar-refractivity contribution >= 4 is 5.82 Å². The molecule has 1 aromatic heterocycles. The molecule has 0 aliphatic carbocycles. The van der Waals surface area contributed by atoms with Gasteiger partial charge in [-0.05, 0) is 17.8 Å². The second kappa shape index (κ2) is 5.43. The molecular formula is C9H16N4O2. The van der Waals surface area contributed by atoms with Gasteiger partial charge < -0.3 is 10.1 Å². The van der Waals surface area contributed by atoms with Gasteiger partial charge in [0.25, 0.3) is 0 Å². The molecular weight excluding hydrogens is 196 g/mol. The van der Waals surface area contributed by atoms with Crippen molar-refractivity contribution in [3.8, 4) is 0 Å². The van der Waals surface area contributed by atoms with Gasteiger partial charge in [-0.15, -0.1) is 0 Å². The summed E-state index contributed by atoms with van der Waals surface area (Å²) in [5.41, 5.74) is 0.649. The van der Waals surface area contributed by atoms with Crippen molar-refractivity contribution in [3.05, 3.63) is 15.8 Å². The molecule has 0 aliphatic heterocycles. The number of nitro groups is 1. The van der Waals surface area contributed by atoms with Crippen molar-refractivity contribution < 1.29 is 4.92 Å². The Bertz CT molecular complexity index is 335. The molecule has 0 unspecified atom stereocenters. The van der Waals surface area contributed by atoms with Gasteiger partial charge in [0, 0.05) is 6.54 Å². The molecule has 0 fully saturated rings. The number of nitrogens with zero attached hydrogens (tertiary/aromatic N) is 4. The summed E-state index contributed by atoms with van der Waals surface area (Å²) in [6, 6.07) is 0. The predicted octanol–water partition coefficient (Wildman–Crippen LogP) is 1.94. The molecule has 6 nitrogen and oxygen atoms in total. The molecule has 1 heterocycles. The van der Waals surface area contributed by atoms with Gasteiger partial charge in [-0.2, -0.15) is 0 Å². The van der Waals surface area contributed by atoms with Gasteiger partial charge in [0.05, 0.1) is 5.21 Å². The molecule has 0 N–H and O–H groups in total. The molecule has 0 radical (unpaired) electrons. The molecule has 0 saturated carbocycles. The third-order valence-corrected chi connectivity index (χ3v) is 2.20. The van der Waals surface area contributed by atoms with E-state index in [1.54, 1.807) is 4.68 Å². The molecule has 15 heavy (non-hydrogen) atoms. The highest BCUT2D eigenvalue weighted by molar-refractivity contribution is 5.24. The van der Waals surface area contributed by atoms with E-state index in [1.807, 2.05) is 6.92 Å². The van der Waals surface area contributed by atoms with E-state index in [0.29, 0.717) is 18.7 Å². The van der Waals surface area contributed by atoms with Crippen LogP contribution in [0.25, 0.3) is 0 Å². The van der Waals surface area contributed by atoms with Gasteiger partial charge in [-0.3, -0.25) is 0 Å². The van der Waals surface area contributed by atoms with Gasteiger partial charge in [0.1, 0.15) is 10.8 Å². The van der Waals surface area contributed by atoms with E-state index in [1.165, 1.54) is 0 Å². The van der Waals surface area contributed by atoms with Crippen molar-refractivity contribution in [1.82, 2.24) is 15.0 Å². The summed E-state index contributed by atoms with van der Waals surface area (Å²) in [5.74, 6) is -0.0899. The van der Waals surface area contributed by atoms with Gasteiger partial charge in [0.15, 0.2) is 0 Å².